The van der Waals surface area contributed by atoms with Gasteiger partial charge in [-0.15, -0.1) is 0 Å². The molecule has 0 atom stereocenters. The molecule has 3 nitrogen and oxygen atoms in total. The van der Waals surface area contributed by atoms with E-state index >= 15 is 0 Å². The van der Waals surface area contributed by atoms with E-state index in [4.69, 9.17) is 9.47 Å². The zero-order valence-electron chi connectivity index (χ0n) is 15.3. The molecule has 8 heteroatoms. The van der Waals surface area contributed by atoms with Gasteiger partial charge in [-0.3, -0.25) is 0 Å². The quantitative estimate of drug-likeness (QED) is 0.588. The Morgan fingerprint density at radius 1 is 0.828 bits per heavy atom. The maximum Gasteiger partial charge on any atom is 0.429 e. The Hall–Kier alpha value is -2.19. The minimum atomic E-state index is -4.09. The highest BCUT2D eigenvalue weighted by Crippen LogP contribution is 2.39. The highest BCUT2D eigenvalue weighted by molar-refractivity contribution is 5.30. The summed E-state index contributed by atoms with van der Waals surface area (Å²) in [6.45, 7) is 0.961. The molecule has 2 fully saturated rings. The van der Waals surface area contributed by atoms with Crippen molar-refractivity contribution in [2.45, 2.75) is 31.7 Å². The van der Waals surface area contributed by atoms with Crippen LogP contribution in [0.4, 0.5) is 22.0 Å². The maximum absolute atomic E-state index is 14.4. The van der Waals surface area contributed by atoms with Gasteiger partial charge in [0.2, 0.25) is 0 Å². The molecule has 1 aliphatic carbocycles. The largest absolute Gasteiger partial charge is 0.429 e. The Labute approximate surface area is 164 Å². The van der Waals surface area contributed by atoms with Crippen LogP contribution in [0.3, 0.4) is 0 Å². The lowest BCUT2D eigenvalue weighted by atomic mass is 9.76. The first-order valence-corrected chi connectivity index (χ1v) is 9.38. The number of hydrogen-bond acceptors (Lipinski definition) is 3. The van der Waals surface area contributed by atoms with Crippen LogP contribution in [-0.4, -0.2) is 13.2 Å². The number of benzene rings is 2. The van der Waals surface area contributed by atoms with Crippen molar-refractivity contribution in [2.24, 2.45) is 11.8 Å². The minimum Gasteiger partial charge on any atom is -0.429 e. The van der Waals surface area contributed by atoms with Crippen LogP contribution in [0, 0.1) is 29.3 Å². The lowest BCUT2D eigenvalue weighted by Crippen LogP contribution is -2.35. The van der Waals surface area contributed by atoms with Crippen molar-refractivity contribution in [3.05, 3.63) is 65.0 Å². The molecule has 29 heavy (non-hydrogen) atoms. The summed E-state index contributed by atoms with van der Waals surface area (Å²) >= 11 is 0. The summed E-state index contributed by atoms with van der Waals surface area (Å²) in [6, 6.07) is 5.00. The Morgan fingerprint density at radius 2 is 1.55 bits per heavy atom. The molecule has 0 N–H and O–H groups in total. The summed E-state index contributed by atoms with van der Waals surface area (Å²) in [5.41, 5.74) is -0.754. The second-order valence-electron chi connectivity index (χ2n) is 7.38. The van der Waals surface area contributed by atoms with E-state index in [1.54, 1.807) is 0 Å². The third-order valence-electron chi connectivity index (χ3n) is 5.46. The summed E-state index contributed by atoms with van der Waals surface area (Å²) in [7, 11) is 0. The van der Waals surface area contributed by atoms with Crippen LogP contribution in [-0.2, 0) is 15.6 Å². The van der Waals surface area contributed by atoms with Crippen LogP contribution in [0.1, 0.15) is 36.7 Å². The first-order chi connectivity index (χ1) is 13.8. The monoisotopic (exact) mass is 414 g/mol. The molecule has 2 aliphatic rings. The molecule has 0 aromatic heterocycles. The van der Waals surface area contributed by atoms with Crippen LogP contribution >= 0.6 is 0 Å². The molecule has 1 saturated carbocycles. The van der Waals surface area contributed by atoms with Crippen LogP contribution in [0.5, 0.6) is 5.75 Å². The summed E-state index contributed by atoms with van der Waals surface area (Å²) < 4.78 is 84.9. The Morgan fingerprint density at radius 3 is 2.14 bits per heavy atom. The van der Waals surface area contributed by atoms with E-state index in [2.05, 4.69) is 4.74 Å². The standard InChI is InChI=1S/C21H19F5O3/c22-17-7-5-15(9-19(17)24)29-21(25,26)16-6-4-13(8-18(16)23)20-27-10-14(11-28-20)12-2-1-3-12/h4-9,12,14,20H,1-3,10-11H2. The van der Waals surface area contributed by atoms with E-state index in [9.17, 15) is 22.0 Å². The smallest absolute Gasteiger partial charge is 0.429 e. The molecule has 0 radical (unpaired) electrons. The first kappa shape index (κ1) is 20.1. The highest BCUT2D eigenvalue weighted by atomic mass is 19.3. The van der Waals surface area contributed by atoms with Gasteiger partial charge in [0, 0.05) is 17.5 Å². The third-order valence-corrected chi connectivity index (χ3v) is 5.46. The molecule has 0 spiro atoms. The summed E-state index contributed by atoms with van der Waals surface area (Å²) in [5, 5.41) is 0. The van der Waals surface area contributed by atoms with Gasteiger partial charge in [0.1, 0.15) is 11.6 Å². The summed E-state index contributed by atoms with van der Waals surface area (Å²) in [4.78, 5) is 0. The number of alkyl halides is 2. The fourth-order valence-corrected chi connectivity index (χ4v) is 3.55. The zero-order valence-corrected chi connectivity index (χ0v) is 15.3. The third kappa shape index (κ3) is 4.23. The van der Waals surface area contributed by atoms with Crippen molar-refractivity contribution in [2.75, 3.05) is 13.2 Å². The summed E-state index contributed by atoms with van der Waals surface area (Å²) in [6.07, 6.45) is -1.40. The predicted octanol–water partition coefficient (Wildman–Crippen LogP) is 5.69. The van der Waals surface area contributed by atoms with Crippen molar-refractivity contribution in [1.29, 1.82) is 0 Å². The van der Waals surface area contributed by atoms with Gasteiger partial charge >= 0.3 is 6.11 Å². The number of ether oxygens (including phenoxy) is 3. The van der Waals surface area contributed by atoms with Gasteiger partial charge in [-0.05, 0) is 30.2 Å². The number of halogens is 5. The molecule has 1 aliphatic heterocycles. The van der Waals surface area contributed by atoms with Crippen molar-refractivity contribution in [3.8, 4) is 5.75 Å². The van der Waals surface area contributed by atoms with E-state index in [-0.39, 0.29) is 5.56 Å². The number of hydrogen-bond donors (Lipinski definition) is 0. The van der Waals surface area contributed by atoms with Gasteiger partial charge in [-0.1, -0.05) is 25.3 Å². The molecular formula is C21H19F5O3. The van der Waals surface area contributed by atoms with E-state index in [1.807, 2.05) is 0 Å². The van der Waals surface area contributed by atoms with Gasteiger partial charge in [-0.25, -0.2) is 13.2 Å². The average Bonchev–Trinajstić information content (AvgIpc) is 2.63. The van der Waals surface area contributed by atoms with Gasteiger partial charge in [0.25, 0.3) is 0 Å². The van der Waals surface area contributed by atoms with Gasteiger partial charge in [-0.2, -0.15) is 8.78 Å². The molecule has 0 bridgehead atoms. The zero-order chi connectivity index (χ0) is 20.6. The van der Waals surface area contributed by atoms with Crippen LogP contribution < -0.4 is 4.74 Å². The fourth-order valence-electron chi connectivity index (χ4n) is 3.55. The van der Waals surface area contributed by atoms with Crippen molar-refractivity contribution in [3.63, 3.8) is 0 Å². The molecule has 1 heterocycles. The average molecular weight is 414 g/mol. The fraction of sp³-hybridized carbons (Fsp3) is 0.429. The highest BCUT2D eigenvalue weighted by Gasteiger charge is 2.39. The van der Waals surface area contributed by atoms with E-state index < -0.39 is 41.2 Å². The first-order valence-electron chi connectivity index (χ1n) is 9.38. The lowest BCUT2D eigenvalue weighted by molar-refractivity contribution is -0.217. The molecule has 0 unspecified atom stereocenters. The number of rotatable bonds is 5. The second kappa shape index (κ2) is 7.91. The van der Waals surface area contributed by atoms with Crippen molar-refractivity contribution >= 4 is 0 Å². The molecule has 1 saturated heterocycles. The van der Waals surface area contributed by atoms with Crippen molar-refractivity contribution in [1.82, 2.24) is 0 Å². The molecule has 2 aromatic rings. The molecule has 0 amide bonds. The Bertz CT molecular complexity index is 877. The van der Waals surface area contributed by atoms with Gasteiger partial charge in [0.05, 0.1) is 18.8 Å². The van der Waals surface area contributed by atoms with Crippen LogP contribution in [0.25, 0.3) is 0 Å². The maximum atomic E-state index is 14.4. The van der Waals surface area contributed by atoms with E-state index in [0.717, 1.165) is 31.0 Å². The second-order valence-corrected chi connectivity index (χ2v) is 7.38. The molecule has 4 rings (SSSR count). The summed E-state index contributed by atoms with van der Waals surface area (Å²) in [5.74, 6) is -3.51. The topological polar surface area (TPSA) is 27.7 Å². The van der Waals surface area contributed by atoms with Gasteiger partial charge in [0.15, 0.2) is 17.9 Å². The van der Waals surface area contributed by atoms with E-state index in [1.165, 1.54) is 12.5 Å². The lowest BCUT2D eigenvalue weighted by Gasteiger charge is -2.38. The Kier molecular flexibility index (Phi) is 5.48. The molecule has 156 valence electrons. The normalized spacial score (nSPS) is 22.9. The predicted molar refractivity (Wildman–Crippen MR) is 92.8 cm³/mol. The minimum absolute atomic E-state index is 0.280. The van der Waals surface area contributed by atoms with Crippen molar-refractivity contribution < 1.29 is 36.2 Å². The van der Waals surface area contributed by atoms with E-state index in [0.29, 0.717) is 37.2 Å². The van der Waals surface area contributed by atoms with Crippen LogP contribution in [0.15, 0.2) is 36.4 Å². The SMILES string of the molecule is Fc1ccc(OC(F)(F)c2ccc(C3OCC(C4CCC4)CO3)cc2F)cc1F. The molecular weight excluding hydrogens is 395 g/mol. The Balaban J connectivity index is 1.45. The van der Waals surface area contributed by atoms with Crippen LogP contribution in [0.2, 0.25) is 0 Å². The molecule has 2 aromatic carbocycles. The van der Waals surface area contributed by atoms with Gasteiger partial charge < -0.3 is 14.2 Å².